The van der Waals surface area contributed by atoms with Crippen LogP contribution < -0.4 is 4.74 Å². The predicted octanol–water partition coefficient (Wildman–Crippen LogP) is 2.82. The molecule has 0 unspecified atom stereocenters. The van der Waals surface area contributed by atoms with E-state index in [2.05, 4.69) is 41.2 Å². The number of aryl methyl sites for hydroxylation is 1. The van der Waals surface area contributed by atoms with Crippen molar-refractivity contribution in [3.63, 3.8) is 0 Å². The van der Waals surface area contributed by atoms with Gasteiger partial charge in [-0.25, -0.2) is 4.98 Å². The fraction of sp³-hybridized carbons (Fsp3) is 0.316. The summed E-state index contributed by atoms with van der Waals surface area (Å²) in [4.78, 5) is 8.96. The van der Waals surface area contributed by atoms with E-state index < -0.39 is 0 Å². The molecular formula is C19H21N7O. The number of hydrogen-bond acceptors (Lipinski definition) is 6. The van der Waals surface area contributed by atoms with E-state index in [0.717, 1.165) is 16.8 Å². The fourth-order valence-electron chi connectivity index (χ4n) is 2.81. The van der Waals surface area contributed by atoms with Crippen molar-refractivity contribution in [1.29, 1.82) is 0 Å². The molecule has 0 bridgehead atoms. The molecule has 138 valence electrons. The van der Waals surface area contributed by atoms with Gasteiger partial charge in [-0.1, -0.05) is 44.2 Å². The maximum absolute atomic E-state index is 6.01. The van der Waals surface area contributed by atoms with Gasteiger partial charge in [-0.2, -0.15) is 14.8 Å². The highest BCUT2D eigenvalue weighted by Crippen LogP contribution is 2.33. The number of rotatable bonds is 4. The van der Waals surface area contributed by atoms with Crippen molar-refractivity contribution in [2.45, 2.75) is 32.8 Å². The Bertz CT molecular complexity index is 1080. The van der Waals surface area contributed by atoms with Crippen molar-refractivity contribution in [2.75, 3.05) is 0 Å². The van der Waals surface area contributed by atoms with Crippen LogP contribution in [0, 0.1) is 0 Å². The molecule has 0 spiro atoms. The summed E-state index contributed by atoms with van der Waals surface area (Å²) in [5, 5.41) is 12.8. The zero-order valence-electron chi connectivity index (χ0n) is 15.8. The third-order valence-corrected chi connectivity index (χ3v) is 4.18. The maximum Gasteiger partial charge on any atom is 0.219 e. The molecule has 8 nitrogen and oxygen atoms in total. The zero-order valence-corrected chi connectivity index (χ0v) is 15.8. The largest absolute Gasteiger partial charge is 0.469 e. The Labute approximate surface area is 156 Å². The van der Waals surface area contributed by atoms with Crippen LogP contribution in [0.5, 0.6) is 5.88 Å². The van der Waals surface area contributed by atoms with Crippen LogP contribution in [0.3, 0.4) is 0 Å². The van der Waals surface area contributed by atoms with Crippen LogP contribution in [0.2, 0.25) is 0 Å². The van der Waals surface area contributed by atoms with Gasteiger partial charge in [0.05, 0.1) is 5.69 Å². The molecular weight excluding hydrogens is 342 g/mol. The Morgan fingerprint density at radius 3 is 2.56 bits per heavy atom. The highest BCUT2D eigenvalue weighted by atomic mass is 16.5. The third-order valence-electron chi connectivity index (χ3n) is 4.18. The van der Waals surface area contributed by atoms with Crippen LogP contribution in [0.1, 0.15) is 32.2 Å². The molecule has 4 aromatic rings. The molecule has 0 saturated carbocycles. The van der Waals surface area contributed by atoms with Crippen molar-refractivity contribution in [2.24, 2.45) is 7.05 Å². The van der Waals surface area contributed by atoms with Crippen LogP contribution in [0.15, 0.2) is 42.7 Å². The molecule has 0 amide bonds. The lowest BCUT2D eigenvalue weighted by atomic mass is 9.87. The van der Waals surface area contributed by atoms with Gasteiger partial charge in [-0.15, -0.1) is 5.10 Å². The van der Waals surface area contributed by atoms with Gasteiger partial charge in [-0.3, -0.25) is 4.68 Å². The number of ether oxygens (including phenoxy) is 1. The molecule has 0 fully saturated rings. The van der Waals surface area contributed by atoms with E-state index in [1.54, 1.807) is 15.7 Å². The monoisotopic (exact) mass is 363 g/mol. The second kappa shape index (κ2) is 6.46. The van der Waals surface area contributed by atoms with Crippen molar-refractivity contribution < 1.29 is 4.74 Å². The van der Waals surface area contributed by atoms with Gasteiger partial charge >= 0.3 is 0 Å². The summed E-state index contributed by atoms with van der Waals surface area (Å²) in [5.41, 5.74) is 3.08. The van der Waals surface area contributed by atoms with Crippen LogP contribution in [0.25, 0.3) is 16.9 Å². The Kier molecular flexibility index (Phi) is 4.10. The summed E-state index contributed by atoms with van der Waals surface area (Å²) in [6.45, 7) is 6.59. The molecule has 0 radical (unpaired) electrons. The lowest BCUT2D eigenvalue weighted by Crippen LogP contribution is -2.15. The minimum Gasteiger partial charge on any atom is -0.469 e. The fourth-order valence-corrected chi connectivity index (χ4v) is 2.81. The molecule has 8 heteroatoms. The minimum absolute atomic E-state index is 0.162. The lowest BCUT2D eigenvalue weighted by Gasteiger charge is -2.21. The highest BCUT2D eigenvalue weighted by molar-refractivity contribution is 5.74. The number of para-hydroxylation sites is 1. The lowest BCUT2D eigenvalue weighted by molar-refractivity contribution is 0.276. The molecule has 4 rings (SSSR count). The van der Waals surface area contributed by atoms with Crippen LogP contribution in [-0.2, 0) is 19.1 Å². The Morgan fingerprint density at radius 1 is 1.11 bits per heavy atom. The van der Waals surface area contributed by atoms with E-state index in [1.165, 1.54) is 0 Å². The molecule has 3 aromatic heterocycles. The summed E-state index contributed by atoms with van der Waals surface area (Å²) in [5.74, 6) is 1.15. The van der Waals surface area contributed by atoms with Gasteiger partial charge < -0.3 is 4.74 Å². The quantitative estimate of drug-likeness (QED) is 0.554. The van der Waals surface area contributed by atoms with Crippen molar-refractivity contribution in [3.8, 4) is 11.6 Å². The molecule has 0 aliphatic carbocycles. The first-order valence-corrected chi connectivity index (χ1v) is 8.71. The standard InChI is InChI=1S/C19H21N7O/c1-19(2,3)14-10-15-17(26(24-22-15)13-8-6-5-7-9-13)21-18(14)27-11-16-20-12-25(4)23-16/h5-10,12H,11H2,1-4H3. The number of aromatic nitrogens is 7. The van der Waals surface area contributed by atoms with Gasteiger partial charge in [0.2, 0.25) is 5.88 Å². The van der Waals surface area contributed by atoms with E-state index in [-0.39, 0.29) is 12.0 Å². The third kappa shape index (κ3) is 3.38. The average Bonchev–Trinajstić information content (AvgIpc) is 3.24. The van der Waals surface area contributed by atoms with E-state index in [1.807, 2.05) is 43.4 Å². The number of fused-ring (bicyclic) bond motifs is 1. The van der Waals surface area contributed by atoms with E-state index >= 15 is 0 Å². The van der Waals surface area contributed by atoms with Gasteiger partial charge in [-0.05, 0) is 23.6 Å². The molecule has 0 N–H and O–H groups in total. The van der Waals surface area contributed by atoms with Crippen molar-refractivity contribution in [3.05, 3.63) is 54.1 Å². The predicted molar refractivity (Wildman–Crippen MR) is 101 cm³/mol. The molecule has 0 aliphatic heterocycles. The smallest absolute Gasteiger partial charge is 0.219 e. The van der Waals surface area contributed by atoms with Gasteiger partial charge in [0, 0.05) is 12.6 Å². The summed E-state index contributed by atoms with van der Waals surface area (Å²) in [6, 6.07) is 11.8. The van der Waals surface area contributed by atoms with Crippen LogP contribution >= 0.6 is 0 Å². The molecule has 0 atom stereocenters. The SMILES string of the molecule is Cn1cnc(COc2nc3c(cc2C(C)(C)C)nnn3-c2ccccc2)n1. The summed E-state index contributed by atoms with van der Waals surface area (Å²) >= 11 is 0. The van der Waals surface area contributed by atoms with E-state index in [9.17, 15) is 0 Å². The molecule has 3 heterocycles. The molecule has 1 aromatic carbocycles. The molecule has 0 saturated heterocycles. The Morgan fingerprint density at radius 2 is 1.89 bits per heavy atom. The first-order chi connectivity index (χ1) is 12.9. The van der Waals surface area contributed by atoms with E-state index in [0.29, 0.717) is 17.4 Å². The topological polar surface area (TPSA) is 83.5 Å². The van der Waals surface area contributed by atoms with Gasteiger partial charge in [0.15, 0.2) is 18.1 Å². The number of benzene rings is 1. The van der Waals surface area contributed by atoms with Gasteiger partial charge in [0.1, 0.15) is 11.8 Å². The Hall–Kier alpha value is -3.29. The summed E-state index contributed by atoms with van der Waals surface area (Å²) in [7, 11) is 1.82. The van der Waals surface area contributed by atoms with Crippen LogP contribution in [-0.4, -0.2) is 34.7 Å². The second-order valence-electron chi connectivity index (χ2n) is 7.39. The average molecular weight is 363 g/mol. The first kappa shape index (κ1) is 17.1. The summed E-state index contributed by atoms with van der Waals surface area (Å²) < 4.78 is 9.38. The summed E-state index contributed by atoms with van der Waals surface area (Å²) in [6.07, 6.45) is 1.65. The number of hydrogen-bond donors (Lipinski definition) is 0. The van der Waals surface area contributed by atoms with Gasteiger partial charge in [0.25, 0.3) is 0 Å². The maximum atomic E-state index is 6.01. The first-order valence-electron chi connectivity index (χ1n) is 8.71. The zero-order chi connectivity index (χ0) is 19.0. The normalized spacial score (nSPS) is 11.9. The highest BCUT2D eigenvalue weighted by Gasteiger charge is 2.24. The molecule has 0 aliphatic rings. The molecule has 27 heavy (non-hydrogen) atoms. The second-order valence-corrected chi connectivity index (χ2v) is 7.39. The number of pyridine rings is 1. The van der Waals surface area contributed by atoms with Crippen molar-refractivity contribution in [1.82, 2.24) is 34.7 Å². The minimum atomic E-state index is -0.162. The van der Waals surface area contributed by atoms with Crippen molar-refractivity contribution >= 4 is 11.2 Å². The number of nitrogens with zero attached hydrogens (tertiary/aromatic N) is 7. The Balaban J connectivity index is 1.79. The van der Waals surface area contributed by atoms with E-state index in [4.69, 9.17) is 9.72 Å². The van der Waals surface area contributed by atoms with Crippen LogP contribution in [0.4, 0.5) is 0 Å².